The first-order chi connectivity index (χ1) is 10.2. The summed E-state index contributed by atoms with van der Waals surface area (Å²) in [5, 5.41) is 6.54. The number of rotatable bonds is 4. The highest BCUT2D eigenvalue weighted by molar-refractivity contribution is 5.67. The van der Waals surface area contributed by atoms with Crippen LogP contribution in [0.1, 0.15) is 38.6 Å². The largest absolute Gasteiger partial charge is 0.444 e. The molecule has 0 saturated carbocycles. The Morgan fingerprint density at radius 2 is 2.32 bits per heavy atom. The fourth-order valence-electron chi connectivity index (χ4n) is 2.53. The number of likely N-dealkylation sites (tertiary alicyclic amines) is 1. The first-order valence-corrected chi connectivity index (χ1v) is 7.50. The Kier molecular flexibility index (Phi) is 5.05. The fraction of sp³-hybridized carbons (Fsp3) is 0.733. The molecule has 1 amide bonds. The van der Waals surface area contributed by atoms with Gasteiger partial charge in [0, 0.05) is 25.2 Å². The maximum Gasteiger partial charge on any atom is 0.407 e. The van der Waals surface area contributed by atoms with Crippen molar-refractivity contribution in [3.05, 3.63) is 17.5 Å². The molecule has 124 valence electrons. The van der Waals surface area contributed by atoms with Gasteiger partial charge in [0.1, 0.15) is 11.8 Å². The van der Waals surface area contributed by atoms with Gasteiger partial charge in [-0.3, -0.25) is 4.90 Å². The number of nitrogens with one attached hydrogen (secondary N) is 1. The number of alkyl carbamates (subject to hydrolysis) is 1. The number of alkyl halides is 1. The van der Waals surface area contributed by atoms with E-state index in [4.69, 9.17) is 9.26 Å². The Hall–Kier alpha value is -1.63. The van der Waals surface area contributed by atoms with Crippen LogP contribution in [-0.2, 0) is 11.3 Å². The molecule has 1 fully saturated rings. The van der Waals surface area contributed by atoms with Gasteiger partial charge in [-0.15, -0.1) is 0 Å². The zero-order chi connectivity index (χ0) is 16.3. The summed E-state index contributed by atoms with van der Waals surface area (Å²) >= 11 is 0. The van der Waals surface area contributed by atoms with Crippen LogP contribution in [0, 0.1) is 6.92 Å². The SMILES string of the molecule is Cc1cc(CN2C[C@@H](F)C[C@H]2CNC(=O)OC(C)(C)C)on1. The predicted octanol–water partition coefficient (Wildman–Crippen LogP) is 2.42. The third-order valence-corrected chi connectivity index (χ3v) is 3.39. The molecule has 1 aliphatic heterocycles. The van der Waals surface area contributed by atoms with Gasteiger partial charge in [0.25, 0.3) is 0 Å². The van der Waals surface area contributed by atoms with Crippen LogP contribution in [0.2, 0.25) is 0 Å². The maximum absolute atomic E-state index is 13.7. The predicted molar refractivity (Wildman–Crippen MR) is 79.2 cm³/mol. The van der Waals surface area contributed by atoms with Crippen molar-refractivity contribution in [3.8, 4) is 0 Å². The first-order valence-electron chi connectivity index (χ1n) is 7.50. The Morgan fingerprint density at radius 1 is 1.59 bits per heavy atom. The van der Waals surface area contributed by atoms with Crippen LogP contribution < -0.4 is 5.32 Å². The molecular weight excluding hydrogens is 289 g/mol. The van der Waals surface area contributed by atoms with E-state index in [1.165, 1.54) is 0 Å². The third-order valence-electron chi connectivity index (χ3n) is 3.39. The second-order valence-corrected chi connectivity index (χ2v) is 6.73. The topological polar surface area (TPSA) is 67.6 Å². The summed E-state index contributed by atoms with van der Waals surface area (Å²) in [5.41, 5.74) is 0.258. The van der Waals surface area contributed by atoms with E-state index in [1.807, 2.05) is 17.9 Å². The summed E-state index contributed by atoms with van der Waals surface area (Å²) in [6, 6.07) is 1.76. The molecule has 1 aliphatic rings. The van der Waals surface area contributed by atoms with E-state index in [2.05, 4.69) is 10.5 Å². The normalized spacial score (nSPS) is 22.8. The Labute approximate surface area is 130 Å². The van der Waals surface area contributed by atoms with Crippen LogP contribution >= 0.6 is 0 Å². The van der Waals surface area contributed by atoms with Crippen molar-refractivity contribution in [1.82, 2.24) is 15.4 Å². The average Bonchev–Trinajstić information content (AvgIpc) is 2.91. The van der Waals surface area contributed by atoms with E-state index in [1.54, 1.807) is 20.8 Å². The van der Waals surface area contributed by atoms with Gasteiger partial charge in [0.2, 0.25) is 0 Å². The molecule has 2 rings (SSSR count). The molecule has 6 nitrogen and oxygen atoms in total. The van der Waals surface area contributed by atoms with Gasteiger partial charge in [-0.2, -0.15) is 0 Å². The molecule has 1 saturated heterocycles. The Morgan fingerprint density at radius 3 is 2.91 bits per heavy atom. The number of aromatic nitrogens is 1. The number of nitrogens with zero attached hydrogens (tertiary/aromatic N) is 2. The van der Waals surface area contributed by atoms with Crippen molar-refractivity contribution < 1.29 is 18.4 Å². The van der Waals surface area contributed by atoms with Crippen LogP contribution in [0.4, 0.5) is 9.18 Å². The summed E-state index contributed by atoms with van der Waals surface area (Å²) in [6.45, 7) is 8.43. The minimum absolute atomic E-state index is 0.0760. The lowest BCUT2D eigenvalue weighted by atomic mass is 10.2. The van der Waals surface area contributed by atoms with Crippen LogP contribution in [-0.4, -0.2) is 47.1 Å². The molecule has 0 aliphatic carbocycles. The Balaban J connectivity index is 1.86. The highest BCUT2D eigenvalue weighted by Crippen LogP contribution is 2.22. The van der Waals surface area contributed by atoms with E-state index in [0.717, 1.165) is 5.69 Å². The monoisotopic (exact) mass is 313 g/mol. The van der Waals surface area contributed by atoms with E-state index in [-0.39, 0.29) is 6.04 Å². The van der Waals surface area contributed by atoms with Gasteiger partial charge >= 0.3 is 6.09 Å². The molecule has 0 aromatic carbocycles. The number of carbonyl (C=O) groups excluding carboxylic acids is 1. The molecule has 1 aromatic heterocycles. The van der Waals surface area contributed by atoms with Crippen molar-refractivity contribution in [1.29, 1.82) is 0 Å². The number of amides is 1. The molecule has 2 atom stereocenters. The second-order valence-electron chi connectivity index (χ2n) is 6.73. The van der Waals surface area contributed by atoms with Crippen LogP contribution in [0.25, 0.3) is 0 Å². The molecule has 2 heterocycles. The number of carbonyl (C=O) groups is 1. The van der Waals surface area contributed by atoms with Crippen LogP contribution in [0.3, 0.4) is 0 Å². The summed E-state index contributed by atoms with van der Waals surface area (Å²) in [7, 11) is 0. The lowest BCUT2D eigenvalue weighted by molar-refractivity contribution is 0.0511. The molecule has 1 N–H and O–H groups in total. The third kappa shape index (κ3) is 4.98. The van der Waals surface area contributed by atoms with E-state index < -0.39 is 17.9 Å². The van der Waals surface area contributed by atoms with Crippen LogP contribution in [0.15, 0.2) is 10.6 Å². The van der Waals surface area contributed by atoms with Crippen molar-refractivity contribution in [2.24, 2.45) is 0 Å². The molecule has 0 spiro atoms. The zero-order valence-electron chi connectivity index (χ0n) is 13.6. The average molecular weight is 313 g/mol. The van der Waals surface area contributed by atoms with Gasteiger partial charge in [0.15, 0.2) is 5.76 Å². The van der Waals surface area contributed by atoms with E-state index >= 15 is 0 Å². The second kappa shape index (κ2) is 6.64. The van der Waals surface area contributed by atoms with Gasteiger partial charge in [-0.25, -0.2) is 9.18 Å². The van der Waals surface area contributed by atoms with Crippen LogP contribution in [0.5, 0.6) is 0 Å². The Bertz CT molecular complexity index is 512. The van der Waals surface area contributed by atoms with Crippen molar-refractivity contribution >= 4 is 6.09 Å². The smallest absolute Gasteiger partial charge is 0.407 e. The van der Waals surface area contributed by atoms with Gasteiger partial charge < -0.3 is 14.6 Å². The molecular formula is C15H24FN3O3. The van der Waals surface area contributed by atoms with E-state index in [0.29, 0.717) is 31.8 Å². The minimum atomic E-state index is -0.894. The standard InChI is InChI=1S/C15H24FN3O3/c1-10-5-13(22-18-10)9-19-8-11(16)6-12(19)7-17-14(20)21-15(2,3)4/h5,11-12H,6-9H2,1-4H3,(H,17,20)/t11-,12-/m0/s1. The number of aryl methyl sites for hydroxylation is 1. The highest BCUT2D eigenvalue weighted by Gasteiger charge is 2.33. The fourth-order valence-corrected chi connectivity index (χ4v) is 2.53. The summed E-state index contributed by atoms with van der Waals surface area (Å²) < 4.78 is 24.1. The lowest BCUT2D eigenvalue weighted by Crippen LogP contribution is -2.41. The molecule has 0 bridgehead atoms. The van der Waals surface area contributed by atoms with E-state index in [9.17, 15) is 9.18 Å². The number of hydrogen-bond donors (Lipinski definition) is 1. The maximum atomic E-state index is 13.7. The quantitative estimate of drug-likeness (QED) is 0.924. The molecule has 1 aromatic rings. The highest BCUT2D eigenvalue weighted by atomic mass is 19.1. The molecule has 22 heavy (non-hydrogen) atoms. The molecule has 7 heteroatoms. The van der Waals surface area contributed by atoms with Crippen molar-refractivity contribution in [2.45, 2.75) is 58.5 Å². The number of hydrogen-bond acceptors (Lipinski definition) is 5. The number of ether oxygens (including phenoxy) is 1. The minimum Gasteiger partial charge on any atom is -0.444 e. The zero-order valence-corrected chi connectivity index (χ0v) is 13.6. The lowest BCUT2D eigenvalue weighted by Gasteiger charge is -2.24. The van der Waals surface area contributed by atoms with Crippen molar-refractivity contribution in [3.63, 3.8) is 0 Å². The summed E-state index contributed by atoms with van der Waals surface area (Å²) in [6.07, 6.45) is -0.983. The van der Waals surface area contributed by atoms with Gasteiger partial charge in [-0.1, -0.05) is 5.16 Å². The summed E-state index contributed by atoms with van der Waals surface area (Å²) in [5.74, 6) is 0.703. The van der Waals surface area contributed by atoms with Gasteiger partial charge in [0.05, 0.1) is 12.2 Å². The molecule has 0 unspecified atom stereocenters. The van der Waals surface area contributed by atoms with Crippen molar-refractivity contribution in [2.75, 3.05) is 13.1 Å². The first kappa shape index (κ1) is 16.7. The summed E-state index contributed by atoms with van der Waals surface area (Å²) in [4.78, 5) is 13.7. The van der Waals surface area contributed by atoms with Gasteiger partial charge in [-0.05, 0) is 34.1 Å². The molecule has 0 radical (unpaired) electrons. The number of halogens is 1.